The van der Waals surface area contributed by atoms with E-state index in [4.69, 9.17) is 4.74 Å². The normalized spacial score (nSPS) is 15.0. The molecule has 0 aliphatic carbocycles. The lowest BCUT2D eigenvalue weighted by Crippen LogP contribution is -2.38. The fraction of sp³-hybridized carbons (Fsp3) is 0.350. The number of nitrogens with one attached hydrogen (secondary N) is 2. The Morgan fingerprint density at radius 3 is 2.50 bits per heavy atom. The van der Waals surface area contributed by atoms with Crippen molar-refractivity contribution in [3.8, 4) is 5.75 Å². The number of methoxy groups -OCH3 is 1. The van der Waals surface area contributed by atoms with Gasteiger partial charge in [0.25, 0.3) is 5.69 Å². The van der Waals surface area contributed by atoms with Gasteiger partial charge in [-0.25, -0.2) is 4.79 Å². The van der Waals surface area contributed by atoms with Gasteiger partial charge in [-0.05, 0) is 44.1 Å². The van der Waals surface area contributed by atoms with Crippen molar-refractivity contribution < 1.29 is 14.5 Å². The lowest BCUT2D eigenvalue weighted by Gasteiger charge is -2.29. The lowest BCUT2D eigenvalue weighted by atomic mass is 10.0. The van der Waals surface area contributed by atoms with Crippen LogP contribution in [0.1, 0.15) is 24.4 Å². The molecule has 0 saturated carbocycles. The number of hydrogen-bond acceptors (Lipinski definition) is 5. The van der Waals surface area contributed by atoms with Gasteiger partial charge in [-0.15, -0.1) is 0 Å². The van der Waals surface area contributed by atoms with E-state index in [0.29, 0.717) is 12.2 Å². The van der Waals surface area contributed by atoms with E-state index in [2.05, 4.69) is 15.5 Å². The number of urea groups is 1. The minimum absolute atomic E-state index is 0.0151. The number of nitrogens with zero attached hydrogens (tertiary/aromatic N) is 2. The van der Waals surface area contributed by atoms with E-state index < -0.39 is 4.92 Å². The summed E-state index contributed by atoms with van der Waals surface area (Å²) in [5.41, 5.74) is 1.52. The summed E-state index contributed by atoms with van der Waals surface area (Å²) in [7, 11) is 1.65. The first-order valence-corrected chi connectivity index (χ1v) is 9.25. The number of non-ortho nitro benzene ring substituents is 1. The standard InChI is InChI=1S/C20H24N4O4/c1-28-19-7-3-2-6-17(19)18(23-12-4-5-13-23)14-21-20(25)22-15-8-10-16(11-9-15)24(26)27/h2-3,6-11,18H,4-5,12-14H2,1H3,(H2,21,22,25). The summed E-state index contributed by atoms with van der Waals surface area (Å²) in [6.07, 6.45) is 2.28. The van der Waals surface area contributed by atoms with Crippen LogP contribution in [0.4, 0.5) is 16.2 Å². The average molecular weight is 384 g/mol. The molecule has 3 rings (SSSR count). The number of nitro groups is 1. The van der Waals surface area contributed by atoms with Crippen molar-refractivity contribution in [2.45, 2.75) is 18.9 Å². The zero-order chi connectivity index (χ0) is 19.9. The molecule has 1 aliphatic rings. The molecule has 2 amide bonds. The highest BCUT2D eigenvalue weighted by atomic mass is 16.6. The maximum Gasteiger partial charge on any atom is 0.319 e. The van der Waals surface area contributed by atoms with Crippen molar-refractivity contribution in [3.05, 3.63) is 64.2 Å². The average Bonchev–Trinajstić information content (AvgIpc) is 3.23. The van der Waals surface area contributed by atoms with Crippen LogP contribution in [0.15, 0.2) is 48.5 Å². The second-order valence-electron chi connectivity index (χ2n) is 6.64. The summed E-state index contributed by atoms with van der Waals surface area (Å²) in [6, 6.07) is 13.2. The van der Waals surface area contributed by atoms with Crippen molar-refractivity contribution in [3.63, 3.8) is 0 Å². The van der Waals surface area contributed by atoms with Crippen molar-refractivity contribution >= 4 is 17.4 Å². The Morgan fingerprint density at radius 2 is 1.86 bits per heavy atom. The van der Waals surface area contributed by atoms with E-state index in [1.807, 2.05) is 24.3 Å². The number of benzene rings is 2. The SMILES string of the molecule is COc1ccccc1C(CNC(=O)Nc1ccc([N+](=O)[O-])cc1)N1CCCC1. The van der Waals surface area contributed by atoms with Gasteiger partial charge in [0.05, 0.1) is 18.1 Å². The maximum absolute atomic E-state index is 12.3. The first-order chi connectivity index (χ1) is 13.6. The monoisotopic (exact) mass is 384 g/mol. The van der Waals surface area contributed by atoms with Crippen LogP contribution in [0, 0.1) is 10.1 Å². The van der Waals surface area contributed by atoms with Gasteiger partial charge in [0.1, 0.15) is 5.75 Å². The summed E-state index contributed by atoms with van der Waals surface area (Å²) >= 11 is 0. The van der Waals surface area contributed by atoms with Gasteiger partial charge < -0.3 is 15.4 Å². The number of amides is 2. The van der Waals surface area contributed by atoms with E-state index in [1.165, 1.54) is 24.3 Å². The van der Waals surface area contributed by atoms with Crippen LogP contribution in [0.5, 0.6) is 5.75 Å². The Morgan fingerprint density at radius 1 is 1.18 bits per heavy atom. The highest BCUT2D eigenvalue weighted by Crippen LogP contribution is 2.31. The number of carbonyl (C=O) groups excluding carboxylic acids is 1. The van der Waals surface area contributed by atoms with Gasteiger partial charge in [0, 0.05) is 29.9 Å². The molecule has 0 bridgehead atoms. The fourth-order valence-corrected chi connectivity index (χ4v) is 3.46. The van der Waals surface area contributed by atoms with Crippen molar-refractivity contribution in [2.24, 2.45) is 0 Å². The third-order valence-corrected chi connectivity index (χ3v) is 4.87. The third-order valence-electron chi connectivity index (χ3n) is 4.87. The first-order valence-electron chi connectivity index (χ1n) is 9.25. The third kappa shape index (κ3) is 4.77. The number of likely N-dealkylation sites (tertiary alicyclic amines) is 1. The zero-order valence-electron chi connectivity index (χ0n) is 15.8. The van der Waals surface area contributed by atoms with Crippen LogP contribution in [0.3, 0.4) is 0 Å². The largest absolute Gasteiger partial charge is 0.496 e. The number of nitro benzene ring substituents is 1. The zero-order valence-corrected chi connectivity index (χ0v) is 15.8. The topological polar surface area (TPSA) is 96.7 Å². The predicted molar refractivity (Wildman–Crippen MR) is 107 cm³/mol. The van der Waals surface area contributed by atoms with Gasteiger partial charge in [-0.3, -0.25) is 15.0 Å². The van der Waals surface area contributed by atoms with Gasteiger partial charge >= 0.3 is 6.03 Å². The number of anilines is 1. The van der Waals surface area contributed by atoms with E-state index in [0.717, 1.165) is 37.2 Å². The Balaban J connectivity index is 1.66. The van der Waals surface area contributed by atoms with Gasteiger partial charge in [0.15, 0.2) is 0 Å². The van der Waals surface area contributed by atoms with E-state index in [9.17, 15) is 14.9 Å². The van der Waals surface area contributed by atoms with Crippen LogP contribution in [0.25, 0.3) is 0 Å². The number of hydrogen-bond donors (Lipinski definition) is 2. The minimum Gasteiger partial charge on any atom is -0.496 e. The minimum atomic E-state index is -0.474. The molecular weight excluding hydrogens is 360 g/mol. The van der Waals surface area contributed by atoms with Crippen LogP contribution >= 0.6 is 0 Å². The molecule has 1 saturated heterocycles. The molecule has 0 spiro atoms. The van der Waals surface area contributed by atoms with Gasteiger partial charge in [-0.2, -0.15) is 0 Å². The van der Waals surface area contributed by atoms with E-state index in [-0.39, 0.29) is 17.8 Å². The summed E-state index contributed by atoms with van der Waals surface area (Å²) < 4.78 is 5.51. The Kier molecular flexibility index (Phi) is 6.44. The Labute approximate surface area is 163 Å². The number of ether oxygens (including phenoxy) is 1. The molecule has 2 N–H and O–H groups in total. The molecule has 8 heteroatoms. The number of carbonyl (C=O) groups is 1. The van der Waals surface area contributed by atoms with Crippen molar-refractivity contribution in [1.82, 2.24) is 10.2 Å². The highest BCUT2D eigenvalue weighted by Gasteiger charge is 2.26. The summed E-state index contributed by atoms with van der Waals surface area (Å²) in [5.74, 6) is 0.803. The molecule has 1 heterocycles. The van der Waals surface area contributed by atoms with Crippen LogP contribution < -0.4 is 15.4 Å². The van der Waals surface area contributed by atoms with Crippen LogP contribution in [0.2, 0.25) is 0 Å². The molecule has 148 valence electrons. The van der Waals surface area contributed by atoms with E-state index in [1.54, 1.807) is 7.11 Å². The quantitative estimate of drug-likeness (QED) is 0.562. The fourth-order valence-electron chi connectivity index (χ4n) is 3.46. The summed E-state index contributed by atoms with van der Waals surface area (Å²) in [5, 5.41) is 16.3. The Hall–Kier alpha value is -3.13. The molecule has 1 fully saturated rings. The maximum atomic E-state index is 12.3. The molecule has 1 atom stereocenters. The number of rotatable bonds is 7. The molecule has 2 aromatic carbocycles. The van der Waals surface area contributed by atoms with E-state index >= 15 is 0 Å². The molecule has 0 aromatic heterocycles. The molecule has 0 radical (unpaired) electrons. The summed E-state index contributed by atoms with van der Waals surface area (Å²) in [6.45, 7) is 2.39. The molecule has 2 aromatic rings. The van der Waals surface area contributed by atoms with Crippen LogP contribution in [-0.4, -0.2) is 42.6 Å². The van der Waals surface area contributed by atoms with Crippen LogP contribution in [-0.2, 0) is 0 Å². The first kappa shape index (κ1) is 19.6. The number of para-hydroxylation sites is 1. The highest BCUT2D eigenvalue weighted by molar-refractivity contribution is 5.89. The summed E-state index contributed by atoms with van der Waals surface area (Å²) in [4.78, 5) is 24.9. The second kappa shape index (κ2) is 9.18. The van der Waals surface area contributed by atoms with Gasteiger partial charge in [0.2, 0.25) is 0 Å². The molecule has 8 nitrogen and oxygen atoms in total. The molecule has 1 unspecified atom stereocenters. The van der Waals surface area contributed by atoms with Gasteiger partial charge in [-0.1, -0.05) is 18.2 Å². The van der Waals surface area contributed by atoms with Crippen molar-refractivity contribution in [1.29, 1.82) is 0 Å². The second-order valence-corrected chi connectivity index (χ2v) is 6.64. The van der Waals surface area contributed by atoms with Crippen molar-refractivity contribution in [2.75, 3.05) is 32.1 Å². The smallest absolute Gasteiger partial charge is 0.319 e. The Bertz CT molecular complexity index is 819. The molecular formula is C20H24N4O4. The lowest BCUT2D eigenvalue weighted by molar-refractivity contribution is -0.384. The molecule has 1 aliphatic heterocycles. The predicted octanol–water partition coefficient (Wildman–Crippen LogP) is 3.56. The molecule has 28 heavy (non-hydrogen) atoms.